The Morgan fingerprint density at radius 2 is 1.86 bits per heavy atom. The summed E-state index contributed by atoms with van der Waals surface area (Å²) < 4.78 is 7.47. The number of amides is 1. The van der Waals surface area contributed by atoms with E-state index in [4.69, 9.17) is 16.3 Å². The molecule has 0 aliphatic carbocycles. The van der Waals surface area contributed by atoms with Gasteiger partial charge in [0.2, 0.25) is 5.91 Å². The maximum Gasteiger partial charge on any atom is 0.244 e. The summed E-state index contributed by atoms with van der Waals surface area (Å²) in [6.07, 6.45) is 3.62. The first-order chi connectivity index (χ1) is 13.1. The van der Waals surface area contributed by atoms with Crippen LogP contribution < -0.4 is 10.1 Å². The van der Waals surface area contributed by atoms with Gasteiger partial charge < -0.3 is 15.0 Å². The van der Waals surface area contributed by atoms with Crippen LogP contribution in [0.3, 0.4) is 0 Å². The summed E-state index contributed by atoms with van der Waals surface area (Å²) in [6.45, 7) is 4.59. The van der Waals surface area contributed by atoms with Crippen LogP contribution in [0.5, 0.6) is 5.75 Å². The fraction of sp³-hybridized carbons (Fsp3) is 0.474. The molecular formula is C19H28Cl3N5O2. The van der Waals surface area contributed by atoms with Crippen molar-refractivity contribution in [1.29, 1.82) is 0 Å². The number of carbonyl (C=O) groups is 1. The summed E-state index contributed by atoms with van der Waals surface area (Å²) in [5, 5.41) is 7.98. The molecule has 1 saturated heterocycles. The molecule has 7 nitrogen and oxygen atoms in total. The lowest BCUT2D eigenvalue weighted by Gasteiger charge is -2.36. The number of ether oxygens (including phenoxy) is 1. The minimum absolute atomic E-state index is 0. The number of nitrogens with one attached hydrogen (secondary N) is 1. The van der Waals surface area contributed by atoms with Crippen molar-refractivity contribution in [3.63, 3.8) is 0 Å². The van der Waals surface area contributed by atoms with Gasteiger partial charge in [-0.25, -0.2) is 0 Å². The number of likely N-dealkylation sites (N-methyl/N-ethyl adjacent to an activating group) is 1. The number of halogens is 3. The number of aromatic nitrogens is 2. The first-order valence-corrected chi connectivity index (χ1v) is 9.50. The zero-order valence-electron chi connectivity index (χ0n) is 16.6. The van der Waals surface area contributed by atoms with Gasteiger partial charge in [0.1, 0.15) is 18.4 Å². The highest BCUT2D eigenvalue weighted by Gasteiger charge is 2.28. The SMILES string of the molecule is CNC(C(=O)N1CCN(CCOc2ccc(Cl)cc2)CC1)c1cnn(C)c1.Cl.Cl. The van der Waals surface area contributed by atoms with Crippen LogP contribution in [0.1, 0.15) is 11.6 Å². The van der Waals surface area contributed by atoms with Crippen LogP contribution in [0, 0.1) is 0 Å². The Kier molecular flexibility index (Phi) is 10.8. The van der Waals surface area contributed by atoms with Crippen molar-refractivity contribution in [3.8, 4) is 5.75 Å². The van der Waals surface area contributed by atoms with Crippen molar-refractivity contribution in [2.24, 2.45) is 7.05 Å². The lowest BCUT2D eigenvalue weighted by molar-refractivity contribution is -0.135. The van der Waals surface area contributed by atoms with Crippen molar-refractivity contribution in [1.82, 2.24) is 24.9 Å². The molecule has 1 N–H and O–H groups in total. The molecule has 29 heavy (non-hydrogen) atoms. The van der Waals surface area contributed by atoms with E-state index in [9.17, 15) is 4.79 Å². The Labute approximate surface area is 189 Å². The maximum absolute atomic E-state index is 12.8. The third-order valence-corrected chi connectivity index (χ3v) is 5.02. The van der Waals surface area contributed by atoms with Gasteiger partial charge in [0, 0.05) is 56.6 Å². The van der Waals surface area contributed by atoms with Crippen molar-refractivity contribution < 1.29 is 9.53 Å². The second-order valence-electron chi connectivity index (χ2n) is 6.64. The summed E-state index contributed by atoms with van der Waals surface area (Å²) in [5.41, 5.74) is 0.892. The topological polar surface area (TPSA) is 62.6 Å². The largest absolute Gasteiger partial charge is 0.492 e. The molecule has 1 fully saturated rings. The van der Waals surface area contributed by atoms with E-state index in [1.807, 2.05) is 42.4 Å². The fourth-order valence-electron chi connectivity index (χ4n) is 3.22. The van der Waals surface area contributed by atoms with Crippen LogP contribution in [0.25, 0.3) is 0 Å². The second kappa shape index (κ2) is 12.2. The van der Waals surface area contributed by atoms with Crippen LogP contribution in [0.4, 0.5) is 0 Å². The number of aryl methyl sites for hydroxylation is 1. The van der Waals surface area contributed by atoms with Gasteiger partial charge in [0.05, 0.1) is 6.20 Å². The van der Waals surface area contributed by atoms with E-state index < -0.39 is 0 Å². The zero-order valence-corrected chi connectivity index (χ0v) is 19.0. The lowest BCUT2D eigenvalue weighted by Crippen LogP contribution is -2.51. The summed E-state index contributed by atoms with van der Waals surface area (Å²) in [6, 6.07) is 7.03. The zero-order chi connectivity index (χ0) is 19.2. The van der Waals surface area contributed by atoms with E-state index >= 15 is 0 Å². The van der Waals surface area contributed by atoms with E-state index in [2.05, 4.69) is 15.3 Å². The van der Waals surface area contributed by atoms with Crippen molar-refractivity contribution in [2.45, 2.75) is 6.04 Å². The molecule has 0 saturated carbocycles. The molecule has 2 heterocycles. The van der Waals surface area contributed by atoms with Crippen LogP contribution in [0.2, 0.25) is 5.02 Å². The first kappa shape index (κ1) is 25.5. The Morgan fingerprint density at radius 3 is 2.41 bits per heavy atom. The highest BCUT2D eigenvalue weighted by molar-refractivity contribution is 6.30. The molecule has 0 radical (unpaired) electrons. The number of nitrogens with zero attached hydrogens (tertiary/aromatic N) is 4. The second-order valence-corrected chi connectivity index (χ2v) is 7.07. The van der Waals surface area contributed by atoms with Gasteiger partial charge in [-0.15, -0.1) is 24.8 Å². The van der Waals surface area contributed by atoms with Crippen molar-refractivity contribution in [3.05, 3.63) is 47.2 Å². The molecule has 1 unspecified atom stereocenters. The Bertz CT molecular complexity index is 749. The molecule has 3 rings (SSSR count). The molecule has 10 heteroatoms. The molecule has 1 aliphatic heterocycles. The van der Waals surface area contributed by atoms with Gasteiger partial charge >= 0.3 is 0 Å². The monoisotopic (exact) mass is 463 g/mol. The van der Waals surface area contributed by atoms with Gasteiger partial charge in [-0.2, -0.15) is 5.10 Å². The Hall–Kier alpha value is -1.51. The molecule has 1 aliphatic rings. The maximum atomic E-state index is 12.8. The summed E-state index contributed by atoms with van der Waals surface area (Å²) >= 11 is 5.87. The molecule has 0 bridgehead atoms. The van der Waals surface area contributed by atoms with Gasteiger partial charge in [0.15, 0.2) is 0 Å². The minimum Gasteiger partial charge on any atom is -0.492 e. The van der Waals surface area contributed by atoms with E-state index in [1.54, 1.807) is 17.9 Å². The van der Waals surface area contributed by atoms with E-state index in [0.29, 0.717) is 11.6 Å². The number of hydrogen-bond acceptors (Lipinski definition) is 5. The van der Waals surface area contributed by atoms with E-state index in [1.165, 1.54) is 0 Å². The quantitative estimate of drug-likeness (QED) is 0.682. The highest BCUT2D eigenvalue weighted by Crippen LogP contribution is 2.17. The summed E-state index contributed by atoms with van der Waals surface area (Å²) in [5.74, 6) is 0.920. The summed E-state index contributed by atoms with van der Waals surface area (Å²) in [7, 11) is 3.66. The molecule has 1 aromatic heterocycles. The highest BCUT2D eigenvalue weighted by atomic mass is 35.5. The van der Waals surface area contributed by atoms with Crippen molar-refractivity contribution in [2.75, 3.05) is 46.4 Å². The van der Waals surface area contributed by atoms with Crippen LogP contribution >= 0.6 is 36.4 Å². The molecule has 162 valence electrons. The van der Waals surface area contributed by atoms with Crippen LogP contribution in [-0.2, 0) is 11.8 Å². The predicted molar refractivity (Wildman–Crippen MR) is 119 cm³/mol. The predicted octanol–water partition coefficient (Wildman–Crippen LogP) is 2.40. The average molecular weight is 465 g/mol. The molecular weight excluding hydrogens is 437 g/mol. The standard InChI is InChI=1S/C19H26ClN5O2.2ClH/c1-21-18(15-13-22-23(2)14-15)19(26)25-9-7-24(8-10-25)11-12-27-17-5-3-16(20)4-6-17;;/h3-6,13-14,18,21H,7-12H2,1-2H3;2*1H. The van der Waals surface area contributed by atoms with Gasteiger partial charge in [-0.05, 0) is 31.3 Å². The lowest BCUT2D eigenvalue weighted by atomic mass is 10.1. The number of rotatable bonds is 7. The average Bonchev–Trinajstić information content (AvgIpc) is 3.10. The van der Waals surface area contributed by atoms with Crippen molar-refractivity contribution >= 4 is 42.3 Å². The van der Waals surface area contributed by atoms with Crippen LogP contribution in [0.15, 0.2) is 36.7 Å². The van der Waals surface area contributed by atoms with Gasteiger partial charge in [-0.1, -0.05) is 11.6 Å². The first-order valence-electron chi connectivity index (χ1n) is 9.12. The summed E-state index contributed by atoms with van der Waals surface area (Å²) in [4.78, 5) is 17.1. The number of benzene rings is 1. The number of hydrogen-bond donors (Lipinski definition) is 1. The van der Waals surface area contributed by atoms with Gasteiger partial charge in [-0.3, -0.25) is 14.4 Å². The van der Waals surface area contributed by atoms with Crippen LogP contribution in [-0.4, -0.2) is 71.9 Å². The molecule has 1 atom stereocenters. The third-order valence-electron chi connectivity index (χ3n) is 4.77. The van der Waals surface area contributed by atoms with Gasteiger partial charge in [0.25, 0.3) is 0 Å². The third kappa shape index (κ3) is 7.04. The molecule has 2 aromatic rings. The molecule has 0 spiro atoms. The normalized spacial score (nSPS) is 15.2. The smallest absolute Gasteiger partial charge is 0.244 e. The molecule has 1 aromatic carbocycles. The Morgan fingerprint density at radius 1 is 1.21 bits per heavy atom. The molecule has 1 amide bonds. The van der Waals surface area contributed by atoms with E-state index in [-0.39, 0.29) is 36.8 Å². The van der Waals surface area contributed by atoms with E-state index in [0.717, 1.165) is 44.0 Å². The minimum atomic E-state index is -0.349. The Balaban J connectivity index is 0.00000210. The number of piperazine rings is 1. The fourth-order valence-corrected chi connectivity index (χ4v) is 3.35. The number of carbonyl (C=O) groups excluding carboxylic acids is 1.